The zero-order valence-corrected chi connectivity index (χ0v) is 16.3. The van der Waals surface area contributed by atoms with Gasteiger partial charge in [0.2, 0.25) is 5.91 Å². The normalized spacial score (nSPS) is 12.1. The first-order chi connectivity index (χ1) is 13.8. The molecule has 0 aliphatic rings. The van der Waals surface area contributed by atoms with Gasteiger partial charge in [-0.3, -0.25) is 9.59 Å². The zero-order chi connectivity index (χ0) is 21.4. The van der Waals surface area contributed by atoms with E-state index in [1.54, 1.807) is 48.5 Å². The number of hydrogen-bond donors (Lipinski definition) is 2. The number of nitriles is 1. The average molecular weight is 395 g/mol. The third kappa shape index (κ3) is 6.66. The van der Waals surface area contributed by atoms with E-state index in [9.17, 15) is 14.4 Å². The summed E-state index contributed by atoms with van der Waals surface area (Å²) in [6, 6.07) is 14.8. The van der Waals surface area contributed by atoms with Crippen LogP contribution in [-0.4, -0.2) is 30.0 Å². The monoisotopic (exact) mass is 395 g/mol. The van der Waals surface area contributed by atoms with Crippen LogP contribution in [0.5, 0.6) is 5.75 Å². The fourth-order valence-corrected chi connectivity index (χ4v) is 2.27. The molecule has 2 rings (SSSR count). The van der Waals surface area contributed by atoms with Crippen molar-refractivity contribution in [2.45, 2.75) is 33.0 Å². The van der Waals surface area contributed by atoms with Gasteiger partial charge in [0.15, 0.2) is 12.2 Å². The zero-order valence-electron chi connectivity index (χ0n) is 16.3. The van der Waals surface area contributed by atoms with Crippen molar-refractivity contribution in [1.29, 1.82) is 5.26 Å². The highest BCUT2D eigenvalue weighted by Gasteiger charge is 2.23. The van der Waals surface area contributed by atoms with Crippen LogP contribution in [0.4, 0.5) is 11.4 Å². The average Bonchev–Trinajstić information content (AvgIpc) is 2.69. The Morgan fingerprint density at radius 1 is 0.897 bits per heavy atom. The second kappa shape index (κ2) is 9.90. The number of hydrogen-bond acceptors (Lipinski definition) is 6. The quantitative estimate of drug-likeness (QED) is 0.696. The van der Waals surface area contributed by atoms with Crippen LogP contribution in [0.15, 0.2) is 48.5 Å². The number of amides is 2. The number of esters is 1. The lowest BCUT2D eigenvalue weighted by atomic mass is 10.2. The number of rotatable bonds is 7. The summed E-state index contributed by atoms with van der Waals surface area (Å²) >= 11 is 0. The van der Waals surface area contributed by atoms with Crippen molar-refractivity contribution in [3.63, 3.8) is 0 Å². The highest BCUT2D eigenvalue weighted by Crippen LogP contribution is 2.16. The Morgan fingerprint density at radius 2 is 1.45 bits per heavy atom. The molecule has 2 atom stereocenters. The molecule has 0 radical (unpaired) electrons. The summed E-state index contributed by atoms with van der Waals surface area (Å²) in [5.41, 5.74) is 1.57. The molecule has 0 bridgehead atoms. The number of benzene rings is 2. The lowest BCUT2D eigenvalue weighted by Crippen LogP contribution is -2.35. The molecule has 0 aromatic heterocycles. The van der Waals surface area contributed by atoms with Crippen molar-refractivity contribution >= 4 is 29.2 Å². The van der Waals surface area contributed by atoms with Gasteiger partial charge in [0.1, 0.15) is 5.75 Å². The first kappa shape index (κ1) is 21.4. The van der Waals surface area contributed by atoms with E-state index >= 15 is 0 Å². The molecule has 0 saturated heterocycles. The summed E-state index contributed by atoms with van der Waals surface area (Å²) in [6.07, 6.45) is -1.97. The fourth-order valence-electron chi connectivity index (χ4n) is 2.27. The van der Waals surface area contributed by atoms with Gasteiger partial charge in [-0.05, 0) is 62.4 Å². The molecule has 0 heterocycles. The molecular formula is C21H21N3O5. The van der Waals surface area contributed by atoms with Crippen LogP contribution in [-0.2, 0) is 19.1 Å². The first-order valence-electron chi connectivity index (χ1n) is 8.84. The molecule has 0 aliphatic heterocycles. The van der Waals surface area contributed by atoms with Gasteiger partial charge in [-0.1, -0.05) is 0 Å². The Labute approximate surface area is 168 Å². The van der Waals surface area contributed by atoms with Crippen LogP contribution in [0.25, 0.3) is 0 Å². The molecule has 0 saturated carbocycles. The number of nitrogens with zero attached hydrogens (tertiary/aromatic N) is 1. The minimum Gasteiger partial charge on any atom is -0.479 e. The molecule has 8 nitrogen and oxygen atoms in total. The van der Waals surface area contributed by atoms with Crippen molar-refractivity contribution in [2.24, 2.45) is 0 Å². The van der Waals surface area contributed by atoms with Gasteiger partial charge in [0.05, 0.1) is 11.6 Å². The van der Waals surface area contributed by atoms with E-state index in [1.807, 2.05) is 6.07 Å². The van der Waals surface area contributed by atoms with Crippen molar-refractivity contribution in [1.82, 2.24) is 0 Å². The molecule has 0 unspecified atom stereocenters. The summed E-state index contributed by atoms with van der Waals surface area (Å²) < 4.78 is 10.6. The third-order valence-corrected chi connectivity index (χ3v) is 3.76. The molecule has 2 N–H and O–H groups in total. The predicted octanol–water partition coefficient (Wildman–Crippen LogP) is 2.85. The standard InChI is InChI=1S/C21H21N3O5/c1-13(20(26)24-18-8-6-17(7-9-18)23-15(3)25)29-21(27)14(2)28-19-10-4-16(12-22)5-11-19/h4-11,13-14H,1-3H3,(H,23,25)(H,24,26)/t13-,14+/m1/s1. The van der Waals surface area contributed by atoms with Gasteiger partial charge in [0, 0.05) is 18.3 Å². The van der Waals surface area contributed by atoms with E-state index in [1.165, 1.54) is 20.8 Å². The van der Waals surface area contributed by atoms with Crippen molar-refractivity contribution in [2.75, 3.05) is 10.6 Å². The molecular weight excluding hydrogens is 374 g/mol. The molecule has 150 valence electrons. The number of carbonyl (C=O) groups excluding carboxylic acids is 3. The van der Waals surface area contributed by atoms with Crippen LogP contribution < -0.4 is 15.4 Å². The maximum atomic E-state index is 12.2. The maximum absolute atomic E-state index is 12.2. The molecule has 2 aromatic carbocycles. The summed E-state index contributed by atoms with van der Waals surface area (Å²) in [7, 11) is 0. The van der Waals surface area contributed by atoms with E-state index < -0.39 is 24.1 Å². The minimum atomic E-state index is -1.04. The topological polar surface area (TPSA) is 118 Å². The van der Waals surface area contributed by atoms with Gasteiger partial charge in [0.25, 0.3) is 5.91 Å². The van der Waals surface area contributed by atoms with Crippen LogP contribution in [0.2, 0.25) is 0 Å². The van der Waals surface area contributed by atoms with Gasteiger partial charge in [-0.2, -0.15) is 5.26 Å². The molecule has 8 heteroatoms. The maximum Gasteiger partial charge on any atom is 0.347 e. The summed E-state index contributed by atoms with van der Waals surface area (Å²) in [5, 5.41) is 14.0. The van der Waals surface area contributed by atoms with E-state index in [0.29, 0.717) is 22.7 Å². The van der Waals surface area contributed by atoms with Crippen molar-refractivity contribution in [3.8, 4) is 11.8 Å². The number of nitrogens with one attached hydrogen (secondary N) is 2. The van der Waals surface area contributed by atoms with Crippen molar-refractivity contribution < 1.29 is 23.9 Å². The first-order valence-corrected chi connectivity index (χ1v) is 8.84. The van der Waals surface area contributed by atoms with E-state index in [0.717, 1.165) is 0 Å². The Hall–Kier alpha value is -3.86. The Bertz CT molecular complexity index is 917. The Balaban J connectivity index is 1.86. The lowest BCUT2D eigenvalue weighted by Gasteiger charge is -2.18. The molecule has 2 amide bonds. The van der Waals surface area contributed by atoms with Gasteiger partial charge in [-0.25, -0.2) is 4.79 Å². The number of anilines is 2. The van der Waals surface area contributed by atoms with Crippen LogP contribution in [0.3, 0.4) is 0 Å². The Morgan fingerprint density at radius 3 is 1.97 bits per heavy atom. The number of ether oxygens (including phenoxy) is 2. The SMILES string of the molecule is CC(=O)Nc1ccc(NC(=O)[C@@H](C)OC(=O)[C@H](C)Oc2ccc(C#N)cc2)cc1. The highest BCUT2D eigenvalue weighted by molar-refractivity contribution is 5.95. The van der Waals surface area contributed by atoms with Crippen LogP contribution >= 0.6 is 0 Å². The van der Waals surface area contributed by atoms with E-state index in [-0.39, 0.29) is 5.91 Å². The molecule has 2 aromatic rings. The lowest BCUT2D eigenvalue weighted by molar-refractivity contribution is -0.159. The smallest absolute Gasteiger partial charge is 0.347 e. The fraction of sp³-hybridized carbons (Fsp3) is 0.238. The van der Waals surface area contributed by atoms with Gasteiger partial charge < -0.3 is 20.1 Å². The second-order valence-electron chi connectivity index (χ2n) is 6.22. The molecule has 0 fully saturated rings. The van der Waals surface area contributed by atoms with Gasteiger partial charge >= 0.3 is 5.97 Å². The molecule has 0 aliphatic carbocycles. The van der Waals surface area contributed by atoms with E-state index in [4.69, 9.17) is 14.7 Å². The predicted molar refractivity (Wildman–Crippen MR) is 106 cm³/mol. The molecule has 29 heavy (non-hydrogen) atoms. The molecule has 0 spiro atoms. The largest absolute Gasteiger partial charge is 0.479 e. The van der Waals surface area contributed by atoms with E-state index in [2.05, 4.69) is 10.6 Å². The summed E-state index contributed by atoms with van der Waals surface area (Å²) in [6.45, 7) is 4.36. The van der Waals surface area contributed by atoms with Crippen molar-refractivity contribution in [3.05, 3.63) is 54.1 Å². The number of carbonyl (C=O) groups is 3. The summed E-state index contributed by atoms with van der Waals surface area (Å²) in [4.78, 5) is 35.4. The minimum absolute atomic E-state index is 0.195. The third-order valence-electron chi connectivity index (χ3n) is 3.76. The van der Waals surface area contributed by atoms with Crippen LogP contribution in [0.1, 0.15) is 26.3 Å². The highest BCUT2D eigenvalue weighted by atomic mass is 16.6. The Kier molecular flexibility index (Phi) is 7.32. The second-order valence-corrected chi connectivity index (χ2v) is 6.22. The summed E-state index contributed by atoms with van der Waals surface area (Å²) in [5.74, 6) is -0.987. The van der Waals surface area contributed by atoms with Crippen LogP contribution in [0, 0.1) is 11.3 Å². The van der Waals surface area contributed by atoms with Gasteiger partial charge in [-0.15, -0.1) is 0 Å².